The van der Waals surface area contributed by atoms with E-state index in [1.54, 1.807) is 0 Å². The first-order valence-corrected chi connectivity index (χ1v) is 7.45. The molecule has 2 rings (SSSR count). The van der Waals surface area contributed by atoms with Crippen molar-refractivity contribution in [2.24, 2.45) is 5.92 Å². The van der Waals surface area contributed by atoms with Crippen LogP contribution in [0.25, 0.3) is 0 Å². The van der Waals surface area contributed by atoms with Gasteiger partial charge in [-0.25, -0.2) is 0 Å². The first kappa shape index (κ1) is 18.8. The van der Waals surface area contributed by atoms with Crippen LogP contribution in [0.2, 0.25) is 0 Å². The first-order valence-electron chi connectivity index (χ1n) is 7.45. The Balaban J connectivity index is 2.34. The van der Waals surface area contributed by atoms with Crippen LogP contribution in [0, 0.1) is 17.2 Å². The van der Waals surface area contributed by atoms with Crippen LogP contribution in [-0.4, -0.2) is 24.3 Å². The van der Waals surface area contributed by atoms with Gasteiger partial charge in [0.15, 0.2) is 11.5 Å². The maximum absolute atomic E-state index is 12.5. The van der Waals surface area contributed by atoms with Gasteiger partial charge in [-0.05, 0) is 43.4 Å². The normalized spacial score (nSPS) is 23.3. The summed E-state index contributed by atoms with van der Waals surface area (Å²) >= 11 is 0. The molecule has 136 valence electrons. The van der Waals surface area contributed by atoms with E-state index in [2.05, 4.69) is 15.5 Å². The maximum Gasteiger partial charge on any atom is 0.387 e. The number of benzene rings is 1. The van der Waals surface area contributed by atoms with Gasteiger partial charge in [-0.2, -0.15) is 22.8 Å². The van der Waals surface area contributed by atoms with Gasteiger partial charge in [0.25, 0.3) is 0 Å². The summed E-state index contributed by atoms with van der Waals surface area (Å²) in [6, 6.07) is 5.56. The molecule has 0 bridgehead atoms. The average Bonchev–Trinajstić information content (AvgIpc) is 2.55. The topological polar surface area (TPSA) is 79.5 Å². The number of ether oxygens (including phenoxy) is 2. The van der Waals surface area contributed by atoms with Crippen LogP contribution in [0.5, 0.6) is 11.5 Å². The lowest BCUT2D eigenvalue weighted by atomic mass is 9.67. The van der Waals surface area contributed by atoms with Crippen LogP contribution in [-0.2, 0) is 10.2 Å². The zero-order valence-corrected chi connectivity index (χ0v) is 12.9. The molecule has 1 aliphatic carbocycles. The van der Waals surface area contributed by atoms with Crippen molar-refractivity contribution in [1.82, 2.24) is 0 Å². The van der Waals surface area contributed by atoms with Crippen molar-refractivity contribution in [2.45, 2.75) is 44.3 Å². The Labute approximate surface area is 140 Å². The van der Waals surface area contributed by atoms with Gasteiger partial charge in [-0.1, -0.05) is 6.07 Å². The Morgan fingerprint density at radius 3 is 2.20 bits per heavy atom. The lowest BCUT2D eigenvalue weighted by Gasteiger charge is -2.34. The monoisotopic (exact) mass is 361 g/mol. The number of carboxylic acid groups (broad SMARTS) is 1. The van der Waals surface area contributed by atoms with Gasteiger partial charge in [0.2, 0.25) is 0 Å². The quantitative estimate of drug-likeness (QED) is 0.777. The highest BCUT2D eigenvalue weighted by Crippen LogP contribution is 2.44. The van der Waals surface area contributed by atoms with E-state index in [0.717, 1.165) is 12.1 Å². The fraction of sp³-hybridized carbons (Fsp3) is 0.500. The van der Waals surface area contributed by atoms with Crippen LogP contribution in [0.1, 0.15) is 31.2 Å². The SMILES string of the molecule is N#C[C@]1(c2ccc(OC(F)F)c(OC(F)F)c2)CC[C@H](C(=O)O)CC1. The van der Waals surface area contributed by atoms with E-state index < -0.39 is 42.0 Å². The maximum atomic E-state index is 12.5. The van der Waals surface area contributed by atoms with Crippen molar-refractivity contribution in [3.05, 3.63) is 23.8 Å². The first-order chi connectivity index (χ1) is 11.8. The number of rotatable bonds is 6. The Kier molecular flexibility index (Phi) is 5.72. The van der Waals surface area contributed by atoms with Gasteiger partial charge >= 0.3 is 19.2 Å². The number of hydrogen-bond acceptors (Lipinski definition) is 4. The molecule has 0 amide bonds. The summed E-state index contributed by atoms with van der Waals surface area (Å²) in [6.07, 6.45) is 0.930. The van der Waals surface area contributed by atoms with Gasteiger partial charge in [0.1, 0.15) is 0 Å². The minimum atomic E-state index is -3.25. The number of carbonyl (C=O) groups is 1. The molecule has 25 heavy (non-hydrogen) atoms. The van der Waals surface area contributed by atoms with E-state index in [-0.39, 0.29) is 25.7 Å². The zero-order chi connectivity index (χ0) is 18.6. The number of alkyl halides is 4. The van der Waals surface area contributed by atoms with E-state index in [1.807, 2.05) is 0 Å². The Morgan fingerprint density at radius 2 is 1.72 bits per heavy atom. The molecule has 1 fully saturated rings. The van der Waals surface area contributed by atoms with Crippen molar-refractivity contribution in [2.75, 3.05) is 0 Å². The standard InChI is InChI=1S/C16H15F4NO4/c17-14(18)24-11-2-1-10(7-12(11)25-15(19)20)16(8-21)5-3-9(4-6-16)13(22)23/h1-2,7,9,14-15H,3-6H2,(H,22,23)/t9-,16-. The highest BCUT2D eigenvalue weighted by Gasteiger charge is 2.39. The van der Waals surface area contributed by atoms with E-state index in [0.29, 0.717) is 5.56 Å². The van der Waals surface area contributed by atoms with Gasteiger partial charge in [-0.15, -0.1) is 0 Å². The van der Waals surface area contributed by atoms with E-state index in [4.69, 9.17) is 5.11 Å². The minimum absolute atomic E-state index is 0.212. The predicted octanol–water partition coefficient (Wildman–Crippen LogP) is 3.93. The second-order valence-corrected chi connectivity index (χ2v) is 5.72. The van der Waals surface area contributed by atoms with Crippen molar-refractivity contribution >= 4 is 5.97 Å². The summed E-state index contributed by atoms with van der Waals surface area (Å²) in [5, 5.41) is 18.6. The number of hydrogen-bond donors (Lipinski definition) is 1. The molecule has 1 N–H and O–H groups in total. The highest BCUT2D eigenvalue weighted by atomic mass is 19.3. The fourth-order valence-corrected chi connectivity index (χ4v) is 3.01. The molecule has 1 aromatic carbocycles. The van der Waals surface area contributed by atoms with Crippen molar-refractivity contribution in [1.29, 1.82) is 5.26 Å². The summed E-state index contributed by atoms with van der Waals surface area (Å²) in [5.74, 6) is -2.68. The van der Waals surface area contributed by atoms with Gasteiger partial charge < -0.3 is 14.6 Å². The highest BCUT2D eigenvalue weighted by molar-refractivity contribution is 5.70. The van der Waals surface area contributed by atoms with Crippen LogP contribution < -0.4 is 9.47 Å². The molecule has 0 atom stereocenters. The Bertz CT molecular complexity index is 667. The molecule has 0 radical (unpaired) electrons. The van der Waals surface area contributed by atoms with Crippen molar-refractivity contribution < 1.29 is 36.9 Å². The van der Waals surface area contributed by atoms with Crippen LogP contribution >= 0.6 is 0 Å². The van der Waals surface area contributed by atoms with Crippen molar-refractivity contribution in [3.8, 4) is 17.6 Å². The molecular formula is C16H15F4NO4. The number of carboxylic acids is 1. The molecule has 5 nitrogen and oxygen atoms in total. The van der Waals surface area contributed by atoms with Crippen LogP contribution in [0.4, 0.5) is 17.6 Å². The van der Waals surface area contributed by atoms with E-state index in [1.165, 1.54) is 6.07 Å². The predicted molar refractivity (Wildman–Crippen MR) is 76.6 cm³/mol. The largest absolute Gasteiger partial charge is 0.481 e. The molecular weight excluding hydrogens is 346 g/mol. The van der Waals surface area contributed by atoms with Crippen LogP contribution in [0.15, 0.2) is 18.2 Å². The summed E-state index contributed by atoms with van der Waals surface area (Å²) in [7, 11) is 0. The molecule has 0 saturated heterocycles. The summed E-state index contributed by atoms with van der Waals surface area (Å²) in [5.41, 5.74) is -0.786. The molecule has 1 saturated carbocycles. The average molecular weight is 361 g/mol. The third-order valence-electron chi connectivity index (χ3n) is 4.33. The molecule has 1 aliphatic rings. The molecule has 0 aliphatic heterocycles. The molecule has 1 aromatic rings. The number of halogens is 4. The fourth-order valence-electron chi connectivity index (χ4n) is 3.01. The molecule has 0 spiro atoms. The van der Waals surface area contributed by atoms with E-state index >= 15 is 0 Å². The van der Waals surface area contributed by atoms with Gasteiger partial charge in [-0.3, -0.25) is 4.79 Å². The second kappa shape index (κ2) is 7.59. The lowest BCUT2D eigenvalue weighted by Crippen LogP contribution is -2.33. The smallest absolute Gasteiger partial charge is 0.387 e. The number of nitriles is 1. The van der Waals surface area contributed by atoms with Gasteiger partial charge in [0, 0.05) is 0 Å². The molecule has 0 aromatic heterocycles. The third-order valence-corrected chi connectivity index (χ3v) is 4.33. The summed E-state index contributed by atoms with van der Waals surface area (Å²) < 4.78 is 58.2. The number of nitrogens with zero attached hydrogens (tertiary/aromatic N) is 1. The Morgan fingerprint density at radius 1 is 1.16 bits per heavy atom. The zero-order valence-electron chi connectivity index (χ0n) is 12.9. The Hall–Kier alpha value is -2.50. The lowest BCUT2D eigenvalue weighted by molar-refractivity contribution is -0.143. The molecule has 0 heterocycles. The second-order valence-electron chi connectivity index (χ2n) is 5.72. The third kappa shape index (κ3) is 4.32. The minimum Gasteiger partial charge on any atom is -0.481 e. The summed E-state index contributed by atoms with van der Waals surface area (Å²) in [4.78, 5) is 11.0. The van der Waals surface area contributed by atoms with Crippen molar-refractivity contribution in [3.63, 3.8) is 0 Å². The number of aliphatic carboxylic acids is 1. The molecule has 0 unspecified atom stereocenters. The summed E-state index contributed by atoms with van der Waals surface area (Å²) in [6.45, 7) is -6.47. The molecule has 9 heteroatoms. The van der Waals surface area contributed by atoms with Gasteiger partial charge in [0.05, 0.1) is 17.4 Å². The van der Waals surface area contributed by atoms with Crippen LogP contribution in [0.3, 0.4) is 0 Å². The van der Waals surface area contributed by atoms with E-state index in [9.17, 15) is 27.6 Å².